The van der Waals surface area contributed by atoms with Crippen molar-refractivity contribution in [2.75, 3.05) is 6.61 Å². The molecule has 266 valence electrons. The van der Waals surface area contributed by atoms with Crippen LogP contribution in [0.3, 0.4) is 0 Å². The highest BCUT2D eigenvalue weighted by Crippen LogP contribution is 2.89. The number of carbonyl (C=O) groups is 2. The molecular weight excluding hydrogens is 604 g/mol. The van der Waals surface area contributed by atoms with Gasteiger partial charge >= 0.3 is 5.97 Å². The number of fused-ring (bicyclic) bond motifs is 4. The topological polar surface area (TPSA) is 152 Å². The molecule has 7 rings (SSSR count). The van der Waals surface area contributed by atoms with Crippen molar-refractivity contribution in [1.29, 1.82) is 0 Å². The van der Waals surface area contributed by atoms with Crippen molar-refractivity contribution in [3.63, 3.8) is 0 Å². The molecular formula is C37H58O10. The Labute approximate surface area is 279 Å². The van der Waals surface area contributed by atoms with Crippen LogP contribution in [0.25, 0.3) is 0 Å². The Morgan fingerprint density at radius 3 is 2.30 bits per heavy atom. The fraction of sp³-hybridized carbons (Fsp3) is 0.946. The lowest BCUT2D eigenvalue weighted by atomic mass is 9.41. The minimum Gasteiger partial charge on any atom is -0.457 e. The monoisotopic (exact) mass is 662 g/mol. The molecule has 0 aromatic carbocycles. The Hall–Kier alpha value is -1.14. The van der Waals surface area contributed by atoms with Crippen LogP contribution in [0, 0.1) is 50.7 Å². The predicted octanol–water partition coefficient (Wildman–Crippen LogP) is 3.53. The van der Waals surface area contributed by atoms with Gasteiger partial charge < -0.3 is 39.4 Å². The highest BCUT2D eigenvalue weighted by atomic mass is 16.7. The number of ketones is 1. The van der Waals surface area contributed by atoms with Gasteiger partial charge in [0.05, 0.1) is 24.4 Å². The largest absolute Gasteiger partial charge is 0.457 e. The van der Waals surface area contributed by atoms with E-state index in [0.29, 0.717) is 12.3 Å². The van der Waals surface area contributed by atoms with Crippen LogP contribution in [-0.2, 0) is 28.5 Å². The Kier molecular flexibility index (Phi) is 7.80. The minimum absolute atomic E-state index is 0.0668. The predicted molar refractivity (Wildman–Crippen MR) is 170 cm³/mol. The molecule has 10 heteroatoms. The second-order valence-electron chi connectivity index (χ2n) is 18.4. The maximum absolute atomic E-state index is 15.0. The average molecular weight is 663 g/mol. The van der Waals surface area contributed by atoms with Gasteiger partial charge in [-0.05, 0) is 105 Å². The summed E-state index contributed by atoms with van der Waals surface area (Å²) in [6.45, 7) is 15.9. The first-order chi connectivity index (χ1) is 21.8. The molecule has 7 aliphatic rings. The normalized spacial score (nSPS) is 53.9. The summed E-state index contributed by atoms with van der Waals surface area (Å²) in [7, 11) is 0. The first kappa shape index (κ1) is 34.3. The molecule has 47 heavy (non-hydrogen) atoms. The van der Waals surface area contributed by atoms with Gasteiger partial charge in [-0.15, -0.1) is 0 Å². The fourth-order valence-corrected chi connectivity index (χ4v) is 13.4. The summed E-state index contributed by atoms with van der Waals surface area (Å²) in [4.78, 5) is 27.0. The van der Waals surface area contributed by atoms with Gasteiger partial charge in [0.2, 0.25) is 0 Å². The Bertz CT molecular complexity index is 1290. The van der Waals surface area contributed by atoms with E-state index in [-0.39, 0.29) is 57.9 Å². The van der Waals surface area contributed by atoms with Gasteiger partial charge in [-0.1, -0.05) is 34.6 Å². The Morgan fingerprint density at radius 1 is 0.979 bits per heavy atom. The summed E-state index contributed by atoms with van der Waals surface area (Å²) in [5, 5.41) is 41.8. The lowest BCUT2D eigenvalue weighted by Crippen LogP contribution is -2.60. The van der Waals surface area contributed by atoms with E-state index >= 15 is 0 Å². The first-order valence-electron chi connectivity index (χ1n) is 18.2. The summed E-state index contributed by atoms with van der Waals surface area (Å²) in [6.07, 6.45) is 0.691. The summed E-state index contributed by atoms with van der Waals surface area (Å²) in [6, 6.07) is 0. The highest BCUT2D eigenvalue weighted by molar-refractivity contribution is 5.93. The third-order valence-electron chi connectivity index (χ3n) is 15.6. The molecule has 2 unspecified atom stereocenters. The number of esters is 1. The van der Waals surface area contributed by atoms with Crippen molar-refractivity contribution in [1.82, 2.24) is 0 Å². The Morgan fingerprint density at radius 2 is 1.64 bits per heavy atom. The van der Waals surface area contributed by atoms with E-state index in [1.165, 1.54) is 6.92 Å². The number of Topliss-reactive ketones (excluding diaryl/α,β-unsaturated/α-hetero) is 1. The number of aliphatic hydroxyl groups excluding tert-OH is 3. The molecule has 5 aliphatic carbocycles. The first-order valence-corrected chi connectivity index (χ1v) is 18.2. The molecule has 5 saturated carbocycles. The fourth-order valence-electron chi connectivity index (χ4n) is 13.4. The van der Waals surface area contributed by atoms with Crippen LogP contribution in [0.4, 0.5) is 0 Å². The lowest BCUT2D eigenvalue weighted by molar-refractivity contribution is -0.302. The van der Waals surface area contributed by atoms with Gasteiger partial charge in [0.1, 0.15) is 24.4 Å². The van der Waals surface area contributed by atoms with Crippen LogP contribution >= 0.6 is 0 Å². The zero-order chi connectivity index (χ0) is 34.3. The molecule has 2 saturated heterocycles. The summed E-state index contributed by atoms with van der Waals surface area (Å²) >= 11 is 0. The van der Waals surface area contributed by atoms with E-state index in [4.69, 9.17) is 18.9 Å². The van der Waals surface area contributed by atoms with Crippen LogP contribution in [0.2, 0.25) is 0 Å². The maximum atomic E-state index is 15.0. The number of ether oxygens (including phenoxy) is 4. The van der Waals surface area contributed by atoms with E-state index in [1.807, 2.05) is 0 Å². The number of aliphatic hydroxyl groups is 4. The molecule has 0 amide bonds. The minimum atomic E-state index is -1.31. The molecule has 16 atom stereocenters. The molecule has 0 aromatic heterocycles. The van der Waals surface area contributed by atoms with E-state index in [0.717, 1.165) is 44.9 Å². The molecule has 0 aromatic rings. The molecule has 2 heterocycles. The van der Waals surface area contributed by atoms with Crippen molar-refractivity contribution in [3.05, 3.63) is 0 Å². The SMILES string of the molecule is CC(=O)O[C@@H]([C@H]1C[C@@H](C)C2[C@@H](O1)C(=O)[C@@]1(C)[C@@H]3CCC4C(C)(C)[C@@H](O[C@@H]5OC[C@@H](O)[C@H](O)[C@H]5O)CC[C@@]45C[C@@]35CC[C@]21C)C(C)(C)O. The number of rotatable bonds is 5. The third-order valence-corrected chi connectivity index (χ3v) is 15.6. The summed E-state index contributed by atoms with van der Waals surface area (Å²) in [5.41, 5.74) is -2.06. The summed E-state index contributed by atoms with van der Waals surface area (Å²) in [5.74, 6) is 0.603. The second kappa shape index (κ2) is 10.7. The van der Waals surface area contributed by atoms with E-state index in [1.54, 1.807) is 13.8 Å². The lowest BCUT2D eigenvalue weighted by Gasteiger charge is -2.62. The summed E-state index contributed by atoms with van der Waals surface area (Å²) < 4.78 is 24.4. The van der Waals surface area contributed by atoms with Crippen molar-refractivity contribution >= 4 is 11.8 Å². The molecule has 2 aliphatic heterocycles. The van der Waals surface area contributed by atoms with Crippen LogP contribution in [0.15, 0.2) is 0 Å². The number of hydrogen-bond donors (Lipinski definition) is 4. The van der Waals surface area contributed by atoms with E-state index in [9.17, 15) is 30.0 Å². The van der Waals surface area contributed by atoms with Crippen LogP contribution in [-0.4, -0.2) is 93.4 Å². The molecule has 10 nitrogen and oxygen atoms in total. The van der Waals surface area contributed by atoms with Crippen LogP contribution in [0.1, 0.15) is 107 Å². The van der Waals surface area contributed by atoms with E-state index < -0.39 is 59.9 Å². The quantitative estimate of drug-likeness (QED) is 0.254. The highest BCUT2D eigenvalue weighted by Gasteiger charge is 2.85. The molecule has 4 N–H and O–H groups in total. The van der Waals surface area contributed by atoms with Gasteiger partial charge in [-0.25, -0.2) is 0 Å². The zero-order valence-corrected chi connectivity index (χ0v) is 29.5. The third kappa shape index (κ3) is 4.46. The van der Waals surface area contributed by atoms with Gasteiger partial charge in [-0.2, -0.15) is 0 Å². The van der Waals surface area contributed by atoms with Gasteiger partial charge in [0.25, 0.3) is 0 Å². The van der Waals surface area contributed by atoms with Crippen molar-refractivity contribution in [3.8, 4) is 0 Å². The van der Waals surface area contributed by atoms with Gasteiger partial charge in [-0.3, -0.25) is 9.59 Å². The molecule has 0 radical (unpaired) electrons. The van der Waals surface area contributed by atoms with Gasteiger partial charge in [0.15, 0.2) is 18.2 Å². The molecule has 0 bridgehead atoms. The second-order valence-corrected chi connectivity index (χ2v) is 18.4. The standard InChI is InChI=1S/C37H58O10/c1-18-15-21(30(33(5,6)43)45-19(2)38)46-28-25(18)34(7)13-14-37-17-36(37)12-11-24(47-31-27(41)26(40)20(39)16-44-31)32(3,4)22(36)9-10-23(37)35(34,8)29(28)42/h18,20-28,30-31,39-41,43H,9-17H2,1-8H3/t18-,20-,21-,22?,23+,24+,25?,26+,27-,28-,30+,31+,34-,35-,36-,37+/m1/s1. The maximum Gasteiger partial charge on any atom is 0.303 e. The average Bonchev–Trinajstić information content (AvgIpc) is 3.61. The molecule has 2 spiro atoms. The number of hydrogen-bond acceptors (Lipinski definition) is 10. The van der Waals surface area contributed by atoms with Crippen LogP contribution in [0.5, 0.6) is 0 Å². The van der Waals surface area contributed by atoms with Crippen molar-refractivity contribution in [2.45, 2.75) is 161 Å². The zero-order valence-electron chi connectivity index (χ0n) is 29.5. The van der Waals surface area contributed by atoms with Gasteiger partial charge in [0, 0.05) is 18.3 Å². The smallest absolute Gasteiger partial charge is 0.303 e. The van der Waals surface area contributed by atoms with Crippen molar-refractivity contribution < 1.29 is 49.0 Å². The van der Waals surface area contributed by atoms with Crippen LogP contribution < -0.4 is 0 Å². The van der Waals surface area contributed by atoms with Crippen molar-refractivity contribution in [2.24, 2.45) is 50.7 Å². The number of carbonyl (C=O) groups excluding carboxylic acids is 2. The van der Waals surface area contributed by atoms with E-state index in [2.05, 4.69) is 34.6 Å². The molecule has 7 fully saturated rings. The Balaban J connectivity index is 1.15.